The van der Waals surface area contributed by atoms with Gasteiger partial charge < -0.3 is 0 Å². The van der Waals surface area contributed by atoms with Crippen molar-refractivity contribution in [2.75, 3.05) is 0 Å². The Bertz CT molecular complexity index is 648. The highest BCUT2D eigenvalue weighted by atomic mass is 14.8. The van der Waals surface area contributed by atoms with Crippen molar-refractivity contribution in [1.29, 1.82) is 0 Å². The number of rotatable bonds is 3. The van der Waals surface area contributed by atoms with Crippen molar-refractivity contribution >= 4 is 11.4 Å². The smallest absolute Gasteiger partial charge is 0.0797 e. The van der Waals surface area contributed by atoms with Crippen molar-refractivity contribution in [3.05, 3.63) is 96.3 Å². The molecule has 0 aliphatic heterocycles. The Morgan fingerprint density at radius 3 is 2.00 bits per heavy atom. The second kappa shape index (κ2) is 5.93. The Kier molecular flexibility index (Phi) is 3.65. The SMILES string of the molecule is c1ccc(N=C(c2ccccc2)c2cccnc2)cc1. The van der Waals surface area contributed by atoms with Crippen molar-refractivity contribution in [3.8, 4) is 0 Å². The van der Waals surface area contributed by atoms with Crippen LogP contribution in [-0.4, -0.2) is 10.7 Å². The van der Waals surface area contributed by atoms with Gasteiger partial charge in [0, 0.05) is 23.5 Å². The van der Waals surface area contributed by atoms with Crippen molar-refractivity contribution < 1.29 is 0 Å². The third-order valence-corrected chi connectivity index (χ3v) is 2.98. The summed E-state index contributed by atoms with van der Waals surface area (Å²) >= 11 is 0. The van der Waals surface area contributed by atoms with E-state index >= 15 is 0 Å². The fourth-order valence-corrected chi connectivity index (χ4v) is 2.03. The molecular weight excluding hydrogens is 244 g/mol. The quantitative estimate of drug-likeness (QED) is 0.645. The van der Waals surface area contributed by atoms with E-state index in [4.69, 9.17) is 4.99 Å². The van der Waals surface area contributed by atoms with Crippen LogP contribution in [0.25, 0.3) is 0 Å². The normalized spacial score (nSPS) is 11.3. The van der Waals surface area contributed by atoms with Gasteiger partial charge in [-0.15, -0.1) is 0 Å². The fourth-order valence-electron chi connectivity index (χ4n) is 2.03. The zero-order valence-corrected chi connectivity index (χ0v) is 11.0. The summed E-state index contributed by atoms with van der Waals surface area (Å²) in [6, 6.07) is 24.1. The van der Waals surface area contributed by atoms with Gasteiger partial charge in [0.15, 0.2) is 0 Å². The minimum atomic E-state index is 0.935. The van der Waals surface area contributed by atoms with Crippen LogP contribution in [0.5, 0.6) is 0 Å². The highest BCUT2D eigenvalue weighted by molar-refractivity contribution is 6.13. The van der Waals surface area contributed by atoms with Crippen molar-refractivity contribution in [1.82, 2.24) is 4.98 Å². The van der Waals surface area contributed by atoms with E-state index < -0.39 is 0 Å². The van der Waals surface area contributed by atoms with E-state index in [1.807, 2.05) is 66.9 Å². The van der Waals surface area contributed by atoms with Crippen LogP contribution in [0, 0.1) is 0 Å². The van der Waals surface area contributed by atoms with Crippen LogP contribution >= 0.6 is 0 Å². The monoisotopic (exact) mass is 258 g/mol. The second-order valence-corrected chi connectivity index (χ2v) is 4.40. The van der Waals surface area contributed by atoms with Crippen molar-refractivity contribution in [2.24, 2.45) is 4.99 Å². The zero-order valence-electron chi connectivity index (χ0n) is 11.0. The predicted molar refractivity (Wildman–Crippen MR) is 82.4 cm³/mol. The molecule has 3 aromatic rings. The largest absolute Gasteiger partial charge is 0.264 e. The van der Waals surface area contributed by atoms with Crippen LogP contribution in [0.15, 0.2) is 90.2 Å². The van der Waals surface area contributed by atoms with Crippen LogP contribution in [-0.2, 0) is 0 Å². The predicted octanol–water partition coefficient (Wildman–Crippen LogP) is 4.25. The maximum absolute atomic E-state index is 4.78. The second-order valence-electron chi connectivity index (χ2n) is 4.40. The summed E-state index contributed by atoms with van der Waals surface area (Å²) in [6.45, 7) is 0. The first-order valence-corrected chi connectivity index (χ1v) is 6.53. The molecule has 0 amide bonds. The lowest BCUT2D eigenvalue weighted by atomic mass is 10.0. The van der Waals surface area contributed by atoms with Gasteiger partial charge in [-0.05, 0) is 24.3 Å². The highest BCUT2D eigenvalue weighted by Crippen LogP contribution is 2.17. The number of hydrogen-bond donors (Lipinski definition) is 0. The van der Waals surface area contributed by atoms with Crippen molar-refractivity contribution in [2.45, 2.75) is 0 Å². The Morgan fingerprint density at radius 2 is 1.35 bits per heavy atom. The van der Waals surface area contributed by atoms with Gasteiger partial charge in [-0.1, -0.05) is 48.5 Å². The first kappa shape index (κ1) is 12.3. The first-order valence-electron chi connectivity index (χ1n) is 6.53. The molecule has 3 rings (SSSR count). The van der Waals surface area contributed by atoms with E-state index in [1.54, 1.807) is 6.20 Å². The minimum Gasteiger partial charge on any atom is -0.264 e. The molecule has 1 aromatic heterocycles. The van der Waals surface area contributed by atoms with Crippen molar-refractivity contribution in [3.63, 3.8) is 0 Å². The lowest BCUT2D eigenvalue weighted by molar-refractivity contribution is 1.31. The fraction of sp³-hybridized carbons (Fsp3) is 0. The number of para-hydroxylation sites is 1. The summed E-state index contributed by atoms with van der Waals surface area (Å²) in [7, 11) is 0. The number of benzene rings is 2. The van der Waals surface area contributed by atoms with Gasteiger partial charge in [-0.25, -0.2) is 4.99 Å². The van der Waals surface area contributed by atoms with Gasteiger partial charge >= 0.3 is 0 Å². The molecule has 0 fully saturated rings. The van der Waals surface area contributed by atoms with Gasteiger partial charge in [-0.3, -0.25) is 4.98 Å². The van der Waals surface area contributed by atoms with E-state index in [2.05, 4.69) is 17.1 Å². The first-order chi connectivity index (χ1) is 9.93. The summed E-state index contributed by atoms with van der Waals surface area (Å²) < 4.78 is 0. The summed E-state index contributed by atoms with van der Waals surface area (Å²) in [4.78, 5) is 8.97. The number of aliphatic imine (C=N–C) groups is 1. The van der Waals surface area contributed by atoms with E-state index in [9.17, 15) is 0 Å². The average molecular weight is 258 g/mol. The maximum atomic E-state index is 4.78. The van der Waals surface area contributed by atoms with E-state index in [-0.39, 0.29) is 0 Å². The molecule has 96 valence electrons. The Balaban J connectivity index is 2.12. The number of pyridine rings is 1. The summed E-state index contributed by atoms with van der Waals surface area (Å²) in [6.07, 6.45) is 3.61. The molecule has 0 N–H and O–H groups in total. The minimum absolute atomic E-state index is 0.935. The Labute approximate surface area is 118 Å². The van der Waals surface area contributed by atoms with Crippen LogP contribution in [0.4, 0.5) is 5.69 Å². The van der Waals surface area contributed by atoms with Gasteiger partial charge in [0.25, 0.3) is 0 Å². The van der Waals surface area contributed by atoms with Gasteiger partial charge in [0.05, 0.1) is 11.4 Å². The Morgan fingerprint density at radius 1 is 0.700 bits per heavy atom. The summed E-state index contributed by atoms with van der Waals surface area (Å²) in [5.74, 6) is 0. The van der Waals surface area contributed by atoms with Crippen LogP contribution in [0.2, 0.25) is 0 Å². The Hall–Kier alpha value is -2.74. The number of aromatic nitrogens is 1. The van der Waals surface area contributed by atoms with Gasteiger partial charge in [-0.2, -0.15) is 0 Å². The van der Waals surface area contributed by atoms with E-state index in [0.29, 0.717) is 0 Å². The standard InChI is InChI=1S/C18H14N2/c1-3-8-15(9-4-1)18(16-10-7-13-19-14-16)20-17-11-5-2-6-12-17/h1-14H. The topological polar surface area (TPSA) is 25.2 Å². The molecule has 0 radical (unpaired) electrons. The van der Waals surface area contributed by atoms with Gasteiger partial charge in [0.2, 0.25) is 0 Å². The molecule has 0 saturated carbocycles. The lowest BCUT2D eigenvalue weighted by Gasteiger charge is -2.07. The molecule has 0 aliphatic carbocycles. The molecule has 0 aliphatic rings. The molecule has 20 heavy (non-hydrogen) atoms. The molecule has 1 heterocycles. The van der Waals surface area contributed by atoms with E-state index in [1.165, 1.54) is 0 Å². The molecule has 2 aromatic carbocycles. The molecule has 2 nitrogen and oxygen atoms in total. The lowest BCUT2D eigenvalue weighted by Crippen LogP contribution is -2.03. The number of hydrogen-bond acceptors (Lipinski definition) is 2. The highest BCUT2D eigenvalue weighted by Gasteiger charge is 2.06. The third kappa shape index (κ3) is 2.81. The molecule has 2 heteroatoms. The van der Waals surface area contributed by atoms with Crippen LogP contribution < -0.4 is 0 Å². The molecule has 0 unspecified atom stereocenters. The number of nitrogens with zero attached hydrogens (tertiary/aromatic N) is 2. The molecular formula is C18H14N2. The molecule has 0 bridgehead atoms. The van der Waals surface area contributed by atoms with E-state index in [0.717, 1.165) is 22.5 Å². The third-order valence-electron chi connectivity index (χ3n) is 2.98. The maximum Gasteiger partial charge on any atom is 0.0797 e. The summed E-state index contributed by atoms with van der Waals surface area (Å²) in [5.41, 5.74) is 3.98. The summed E-state index contributed by atoms with van der Waals surface area (Å²) in [5, 5.41) is 0. The molecule has 0 spiro atoms. The average Bonchev–Trinajstić information content (AvgIpc) is 2.55. The molecule has 0 saturated heterocycles. The van der Waals surface area contributed by atoms with Gasteiger partial charge in [0.1, 0.15) is 0 Å². The van der Waals surface area contributed by atoms with Crippen LogP contribution in [0.1, 0.15) is 11.1 Å². The van der Waals surface area contributed by atoms with Crippen LogP contribution in [0.3, 0.4) is 0 Å². The molecule has 0 atom stereocenters. The zero-order chi connectivity index (χ0) is 13.6.